The predicted octanol–water partition coefficient (Wildman–Crippen LogP) is 1.90. The monoisotopic (exact) mass is 315 g/mol. The van der Waals surface area contributed by atoms with Gasteiger partial charge in [0.05, 0.1) is 18.2 Å². The molecule has 4 nitrogen and oxygen atoms in total. The van der Waals surface area contributed by atoms with Crippen molar-refractivity contribution >= 4 is 5.91 Å². The van der Waals surface area contributed by atoms with Crippen LogP contribution < -0.4 is 0 Å². The number of hydrogen-bond acceptors (Lipinski definition) is 3. The SMILES string of the molecule is N#Cc1ccc(CN2CCN(CC(F)(F)F)C(=O)C2)c(F)c1. The van der Waals surface area contributed by atoms with Crippen LogP contribution in [0.15, 0.2) is 18.2 Å². The van der Waals surface area contributed by atoms with E-state index in [1.165, 1.54) is 12.1 Å². The highest BCUT2D eigenvalue weighted by Crippen LogP contribution is 2.19. The second-order valence-corrected chi connectivity index (χ2v) is 5.06. The number of benzene rings is 1. The van der Waals surface area contributed by atoms with Crippen LogP contribution in [0.4, 0.5) is 17.6 Å². The molecule has 0 N–H and O–H groups in total. The molecule has 2 rings (SSSR count). The number of nitriles is 1. The first-order chi connectivity index (χ1) is 10.3. The molecular weight excluding hydrogens is 302 g/mol. The van der Waals surface area contributed by atoms with E-state index in [0.717, 1.165) is 11.0 Å². The lowest BCUT2D eigenvalue weighted by Gasteiger charge is -2.34. The summed E-state index contributed by atoms with van der Waals surface area (Å²) in [5, 5.41) is 8.66. The second-order valence-electron chi connectivity index (χ2n) is 5.06. The standard InChI is InChI=1S/C14H13F4N3O/c15-12-5-10(6-19)1-2-11(12)7-20-3-4-21(13(22)8-20)9-14(16,17)18/h1-2,5H,3-4,7-9H2. The van der Waals surface area contributed by atoms with Crippen LogP contribution >= 0.6 is 0 Å². The van der Waals surface area contributed by atoms with E-state index in [9.17, 15) is 22.4 Å². The first-order valence-electron chi connectivity index (χ1n) is 6.54. The summed E-state index contributed by atoms with van der Waals surface area (Å²) < 4.78 is 50.7. The summed E-state index contributed by atoms with van der Waals surface area (Å²) in [5.41, 5.74) is 0.489. The molecule has 0 aromatic heterocycles. The van der Waals surface area contributed by atoms with Gasteiger partial charge in [0.1, 0.15) is 12.4 Å². The van der Waals surface area contributed by atoms with Crippen molar-refractivity contribution in [3.63, 3.8) is 0 Å². The van der Waals surface area contributed by atoms with Crippen molar-refractivity contribution in [1.29, 1.82) is 5.26 Å². The van der Waals surface area contributed by atoms with E-state index < -0.39 is 24.4 Å². The Balaban J connectivity index is 1.97. The first-order valence-corrected chi connectivity index (χ1v) is 6.54. The molecule has 0 aliphatic carbocycles. The van der Waals surface area contributed by atoms with Gasteiger partial charge in [-0.05, 0) is 12.1 Å². The van der Waals surface area contributed by atoms with Gasteiger partial charge in [-0.3, -0.25) is 9.69 Å². The number of halogens is 4. The zero-order valence-electron chi connectivity index (χ0n) is 11.5. The Hall–Kier alpha value is -2.14. The average Bonchev–Trinajstić information content (AvgIpc) is 2.43. The molecule has 0 unspecified atom stereocenters. The average molecular weight is 315 g/mol. The molecule has 1 aliphatic heterocycles. The van der Waals surface area contributed by atoms with Crippen LogP contribution in [-0.4, -0.2) is 48.1 Å². The lowest BCUT2D eigenvalue weighted by molar-refractivity contribution is -0.165. The zero-order chi connectivity index (χ0) is 16.3. The maximum absolute atomic E-state index is 13.8. The molecule has 1 saturated heterocycles. The topological polar surface area (TPSA) is 47.3 Å². The van der Waals surface area contributed by atoms with Gasteiger partial charge in [0.2, 0.25) is 5.91 Å². The quantitative estimate of drug-likeness (QED) is 0.801. The third-order valence-electron chi connectivity index (χ3n) is 3.34. The molecule has 0 spiro atoms. The number of alkyl halides is 3. The number of nitrogens with zero attached hydrogens (tertiary/aromatic N) is 3. The van der Waals surface area contributed by atoms with Gasteiger partial charge in [0, 0.05) is 25.2 Å². The van der Waals surface area contributed by atoms with Crippen LogP contribution in [-0.2, 0) is 11.3 Å². The fourth-order valence-corrected chi connectivity index (χ4v) is 2.26. The van der Waals surface area contributed by atoms with E-state index in [1.807, 2.05) is 6.07 Å². The summed E-state index contributed by atoms with van der Waals surface area (Å²) in [5.74, 6) is -1.19. The zero-order valence-corrected chi connectivity index (χ0v) is 11.5. The Morgan fingerprint density at radius 3 is 2.55 bits per heavy atom. The fourth-order valence-electron chi connectivity index (χ4n) is 2.26. The molecule has 0 atom stereocenters. The molecule has 1 aromatic carbocycles. The highest BCUT2D eigenvalue weighted by Gasteiger charge is 2.35. The normalized spacial score (nSPS) is 16.7. The maximum atomic E-state index is 13.8. The molecule has 8 heteroatoms. The van der Waals surface area contributed by atoms with Gasteiger partial charge in [0.15, 0.2) is 0 Å². The smallest absolute Gasteiger partial charge is 0.331 e. The minimum absolute atomic E-state index is 0.0454. The third kappa shape index (κ3) is 4.18. The summed E-state index contributed by atoms with van der Waals surface area (Å²) in [7, 11) is 0. The molecule has 0 bridgehead atoms. The highest BCUT2D eigenvalue weighted by molar-refractivity contribution is 5.79. The van der Waals surface area contributed by atoms with Crippen LogP contribution in [0.25, 0.3) is 0 Å². The lowest BCUT2D eigenvalue weighted by atomic mass is 10.1. The number of amides is 1. The van der Waals surface area contributed by atoms with E-state index in [1.54, 1.807) is 4.90 Å². The van der Waals surface area contributed by atoms with Gasteiger partial charge in [0.25, 0.3) is 0 Å². The molecule has 118 valence electrons. The van der Waals surface area contributed by atoms with Gasteiger partial charge in [-0.15, -0.1) is 0 Å². The molecule has 1 aromatic rings. The first kappa shape index (κ1) is 16.2. The minimum atomic E-state index is -4.42. The number of carbonyl (C=O) groups is 1. The number of piperazine rings is 1. The Morgan fingerprint density at radius 2 is 2.00 bits per heavy atom. The summed E-state index contributed by atoms with van der Waals surface area (Å²) in [4.78, 5) is 14.0. The molecule has 1 fully saturated rings. The summed E-state index contributed by atoms with van der Waals surface area (Å²) >= 11 is 0. The van der Waals surface area contributed by atoms with Crippen molar-refractivity contribution in [2.45, 2.75) is 12.7 Å². The Morgan fingerprint density at radius 1 is 1.27 bits per heavy atom. The molecular formula is C14H13F4N3O. The Kier molecular flexibility index (Phi) is 4.66. The number of rotatable bonds is 3. The predicted molar refractivity (Wildman–Crippen MR) is 69.0 cm³/mol. The van der Waals surface area contributed by atoms with E-state index in [0.29, 0.717) is 5.56 Å². The molecule has 1 amide bonds. The summed E-state index contributed by atoms with van der Waals surface area (Å²) in [6.07, 6.45) is -4.42. The second kappa shape index (κ2) is 6.32. The van der Waals surface area contributed by atoms with E-state index in [-0.39, 0.29) is 31.7 Å². The summed E-state index contributed by atoms with van der Waals surface area (Å²) in [6.45, 7) is -1.14. The largest absolute Gasteiger partial charge is 0.406 e. The van der Waals surface area contributed by atoms with Gasteiger partial charge in [-0.2, -0.15) is 18.4 Å². The summed E-state index contributed by atoms with van der Waals surface area (Å²) in [6, 6.07) is 5.81. The Labute approximate surface area is 124 Å². The van der Waals surface area contributed by atoms with Crippen LogP contribution in [0.2, 0.25) is 0 Å². The van der Waals surface area contributed by atoms with Gasteiger partial charge < -0.3 is 4.90 Å². The van der Waals surface area contributed by atoms with Crippen molar-refractivity contribution in [3.05, 3.63) is 35.1 Å². The van der Waals surface area contributed by atoms with Gasteiger partial charge in [-0.25, -0.2) is 4.39 Å². The van der Waals surface area contributed by atoms with Crippen molar-refractivity contribution < 1.29 is 22.4 Å². The number of hydrogen-bond donors (Lipinski definition) is 0. The Bertz CT molecular complexity index is 609. The van der Waals surface area contributed by atoms with E-state index >= 15 is 0 Å². The van der Waals surface area contributed by atoms with Gasteiger partial charge >= 0.3 is 6.18 Å². The molecule has 1 aliphatic rings. The van der Waals surface area contributed by atoms with Crippen LogP contribution in [0.1, 0.15) is 11.1 Å². The fraction of sp³-hybridized carbons (Fsp3) is 0.429. The van der Waals surface area contributed by atoms with Crippen molar-refractivity contribution in [2.24, 2.45) is 0 Å². The maximum Gasteiger partial charge on any atom is 0.406 e. The van der Waals surface area contributed by atoms with Crippen molar-refractivity contribution in [3.8, 4) is 6.07 Å². The molecule has 1 heterocycles. The highest BCUT2D eigenvalue weighted by atomic mass is 19.4. The minimum Gasteiger partial charge on any atom is -0.331 e. The van der Waals surface area contributed by atoms with Crippen molar-refractivity contribution in [1.82, 2.24) is 9.80 Å². The van der Waals surface area contributed by atoms with Crippen molar-refractivity contribution in [2.75, 3.05) is 26.2 Å². The van der Waals surface area contributed by atoms with Crippen LogP contribution in [0.3, 0.4) is 0 Å². The van der Waals surface area contributed by atoms with Gasteiger partial charge in [-0.1, -0.05) is 6.07 Å². The third-order valence-corrected chi connectivity index (χ3v) is 3.34. The molecule has 22 heavy (non-hydrogen) atoms. The molecule has 0 saturated carbocycles. The van der Waals surface area contributed by atoms with E-state index in [2.05, 4.69) is 0 Å². The molecule has 0 radical (unpaired) electrons. The van der Waals surface area contributed by atoms with Crippen LogP contribution in [0, 0.1) is 17.1 Å². The van der Waals surface area contributed by atoms with Crippen LogP contribution in [0.5, 0.6) is 0 Å². The number of carbonyl (C=O) groups excluding carboxylic acids is 1. The van der Waals surface area contributed by atoms with E-state index in [4.69, 9.17) is 5.26 Å². The lowest BCUT2D eigenvalue weighted by Crippen LogP contribution is -2.52.